The van der Waals surface area contributed by atoms with Gasteiger partial charge in [-0.2, -0.15) is 0 Å². The second-order valence-corrected chi connectivity index (χ2v) is 10.2. The number of fused-ring (bicyclic) bond motifs is 1. The molecule has 10 nitrogen and oxygen atoms in total. The van der Waals surface area contributed by atoms with Crippen molar-refractivity contribution < 1.29 is 27.8 Å². The molecule has 0 unspecified atom stereocenters. The van der Waals surface area contributed by atoms with Gasteiger partial charge in [0.25, 0.3) is 0 Å². The Morgan fingerprint density at radius 2 is 2.12 bits per heavy atom. The largest absolute Gasteiger partial charge is 0.495 e. The van der Waals surface area contributed by atoms with Gasteiger partial charge in [-0.1, -0.05) is 11.3 Å². The van der Waals surface area contributed by atoms with Gasteiger partial charge in [0.15, 0.2) is 0 Å². The number of sulfonamides is 1. The predicted octanol–water partition coefficient (Wildman–Crippen LogP) is 2.00. The van der Waals surface area contributed by atoms with Crippen molar-refractivity contribution in [2.24, 2.45) is 5.92 Å². The van der Waals surface area contributed by atoms with Crippen molar-refractivity contribution >= 4 is 32.3 Å². The first-order valence-electron chi connectivity index (χ1n) is 10.1. The van der Waals surface area contributed by atoms with E-state index in [4.69, 9.17) is 9.47 Å². The Labute approximate surface area is 189 Å². The third-order valence-corrected chi connectivity index (χ3v) is 7.80. The molecule has 0 amide bonds. The van der Waals surface area contributed by atoms with Crippen molar-refractivity contribution in [2.45, 2.75) is 37.6 Å². The maximum Gasteiger partial charge on any atom is 0.369 e. The summed E-state index contributed by atoms with van der Waals surface area (Å²) in [5.41, 5.74) is 1.79. The number of aromatic nitrogens is 3. The lowest BCUT2D eigenvalue weighted by Crippen LogP contribution is -2.45. The van der Waals surface area contributed by atoms with Gasteiger partial charge in [0.05, 0.1) is 25.1 Å². The summed E-state index contributed by atoms with van der Waals surface area (Å²) in [7, 11) is -2.46. The van der Waals surface area contributed by atoms with Gasteiger partial charge in [0.2, 0.25) is 20.0 Å². The fourth-order valence-corrected chi connectivity index (χ4v) is 6.05. The highest BCUT2D eigenvalue weighted by Gasteiger charge is 2.33. The van der Waals surface area contributed by atoms with Crippen LogP contribution >= 0.6 is 11.3 Å². The van der Waals surface area contributed by atoms with Crippen LogP contribution in [0, 0.1) is 12.8 Å². The molecule has 1 fully saturated rings. The highest BCUT2D eigenvalue weighted by Crippen LogP contribution is 2.34. The van der Waals surface area contributed by atoms with E-state index in [1.807, 2.05) is 0 Å². The van der Waals surface area contributed by atoms with Gasteiger partial charge >= 0.3 is 5.97 Å². The second-order valence-electron chi connectivity index (χ2n) is 7.57. The van der Waals surface area contributed by atoms with Gasteiger partial charge in [-0.25, -0.2) is 27.4 Å². The zero-order valence-electron chi connectivity index (χ0n) is 17.9. The van der Waals surface area contributed by atoms with Crippen LogP contribution in [0.5, 0.6) is 5.75 Å². The number of carbonyl (C=O) groups excluding carboxylic acids is 1. The summed E-state index contributed by atoms with van der Waals surface area (Å²) in [4.78, 5) is 17.0. The molecule has 0 spiro atoms. The number of aliphatic hydroxyl groups excluding tert-OH is 1. The molecule has 0 bridgehead atoms. The summed E-state index contributed by atoms with van der Waals surface area (Å²) in [6.45, 7) is 3.79. The number of aliphatic hydroxyl groups is 1. The Balaban J connectivity index is 1.73. The first kappa shape index (κ1) is 22.6. The van der Waals surface area contributed by atoms with E-state index >= 15 is 0 Å². The second kappa shape index (κ2) is 8.77. The lowest BCUT2D eigenvalue weighted by atomic mass is 9.82. The monoisotopic (exact) mass is 480 g/mol. The molecular formula is C20H24N4O6S2. The van der Waals surface area contributed by atoms with Crippen molar-refractivity contribution in [1.82, 2.24) is 19.3 Å². The number of carbonyl (C=O) groups is 1. The van der Waals surface area contributed by atoms with Gasteiger partial charge in [0.1, 0.15) is 10.6 Å². The Hall–Kier alpha value is -2.54. The van der Waals surface area contributed by atoms with Gasteiger partial charge in [-0.3, -0.25) is 0 Å². The van der Waals surface area contributed by atoms with E-state index in [1.54, 1.807) is 26.0 Å². The molecular weight excluding hydrogens is 456 g/mol. The summed E-state index contributed by atoms with van der Waals surface area (Å²) >= 11 is 1.10. The van der Waals surface area contributed by atoms with Crippen LogP contribution in [0.1, 0.15) is 35.3 Å². The van der Waals surface area contributed by atoms with Gasteiger partial charge in [-0.05, 0) is 50.8 Å². The van der Waals surface area contributed by atoms with E-state index < -0.39 is 16.0 Å². The van der Waals surface area contributed by atoms with Gasteiger partial charge < -0.3 is 14.6 Å². The Morgan fingerprint density at radius 3 is 2.78 bits per heavy atom. The van der Waals surface area contributed by atoms with E-state index in [1.165, 1.54) is 17.7 Å². The fraction of sp³-hybridized carbons (Fsp3) is 0.450. The molecule has 12 heteroatoms. The summed E-state index contributed by atoms with van der Waals surface area (Å²) in [5.74, 6) is -0.199. The first-order valence-corrected chi connectivity index (χ1v) is 12.4. The molecule has 0 aliphatic heterocycles. The van der Waals surface area contributed by atoms with Gasteiger partial charge in [0, 0.05) is 18.2 Å². The number of hydrogen-bond acceptors (Lipinski definition) is 9. The van der Waals surface area contributed by atoms with E-state index in [-0.39, 0.29) is 40.8 Å². The number of nitrogens with one attached hydrogen (secondary N) is 1. The standard InChI is InChI=1S/C20H24N4O6S2/c1-4-30-19(26)18-22-24-17(11(2)21-20(24)31-18)13-5-6-15(29-3)16(9-13)32(27,28)23-14-7-12(8-14)10-25/h5-6,9,12,14,23,25H,4,7-8,10H2,1-3H3/t12-,14-. The molecule has 4 rings (SSSR count). The normalized spacial score (nSPS) is 18.5. The maximum absolute atomic E-state index is 13.1. The molecule has 1 aliphatic carbocycles. The molecule has 0 atom stereocenters. The van der Waals surface area contributed by atoms with Crippen molar-refractivity contribution in [1.29, 1.82) is 0 Å². The molecule has 2 heterocycles. The zero-order valence-corrected chi connectivity index (χ0v) is 19.5. The van der Waals surface area contributed by atoms with Crippen LogP contribution in [0.15, 0.2) is 23.1 Å². The summed E-state index contributed by atoms with van der Waals surface area (Å²) in [6, 6.07) is 4.60. The summed E-state index contributed by atoms with van der Waals surface area (Å²) in [6.07, 6.45) is 1.19. The van der Waals surface area contributed by atoms with Crippen LogP contribution < -0.4 is 9.46 Å². The Morgan fingerprint density at radius 1 is 1.38 bits per heavy atom. The van der Waals surface area contributed by atoms with Crippen molar-refractivity contribution in [3.05, 3.63) is 28.9 Å². The van der Waals surface area contributed by atoms with Crippen molar-refractivity contribution in [3.63, 3.8) is 0 Å². The quantitative estimate of drug-likeness (QED) is 0.468. The van der Waals surface area contributed by atoms with Crippen molar-refractivity contribution in [3.8, 4) is 17.0 Å². The molecule has 0 radical (unpaired) electrons. The number of hydrogen-bond donors (Lipinski definition) is 2. The number of methoxy groups -OCH3 is 1. The number of imidazole rings is 1. The molecule has 1 aliphatic rings. The van der Waals surface area contributed by atoms with Crippen LogP contribution in [-0.4, -0.2) is 60.5 Å². The summed E-state index contributed by atoms with van der Waals surface area (Å²) in [5, 5.41) is 13.7. The minimum atomic E-state index is -3.87. The molecule has 2 aromatic heterocycles. The third kappa shape index (κ3) is 4.10. The molecule has 1 aromatic carbocycles. The third-order valence-electron chi connectivity index (χ3n) is 5.37. The summed E-state index contributed by atoms with van der Waals surface area (Å²) < 4.78 is 40.7. The van der Waals surface area contributed by atoms with Crippen LogP contribution in [0.4, 0.5) is 0 Å². The van der Waals surface area contributed by atoms with E-state index in [9.17, 15) is 18.3 Å². The lowest BCUT2D eigenvalue weighted by Gasteiger charge is -2.34. The molecule has 1 saturated carbocycles. The van der Waals surface area contributed by atoms with E-state index in [0.29, 0.717) is 34.8 Å². The Bertz CT molecular complexity index is 1260. The predicted molar refractivity (Wildman–Crippen MR) is 117 cm³/mol. The zero-order chi connectivity index (χ0) is 23.0. The first-order chi connectivity index (χ1) is 15.3. The SMILES string of the molecule is CCOC(=O)c1nn2c(-c3ccc(OC)c(S(=O)(=O)N[C@H]4C[C@H](CO)C4)c3)c(C)nc2s1. The minimum Gasteiger partial charge on any atom is -0.495 e. The van der Waals surface area contributed by atoms with Crippen LogP contribution in [0.2, 0.25) is 0 Å². The molecule has 0 saturated heterocycles. The van der Waals surface area contributed by atoms with Crippen molar-refractivity contribution in [2.75, 3.05) is 20.3 Å². The van der Waals surface area contributed by atoms with E-state index in [2.05, 4.69) is 14.8 Å². The minimum absolute atomic E-state index is 0.000134. The number of aryl methyl sites for hydroxylation is 1. The average molecular weight is 481 g/mol. The molecule has 2 N–H and O–H groups in total. The number of rotatable bonds is 8. The number of ether oxygens (including phenoxy) is 2. The molecule has 32 heavy (non-hydrogen) atoms. The highest BCUT2D eigenvalue weighted by atomic mass is 32.2. The molecule has 172 valence electrons. The molecule has 3 aromatic rings. The maximum atomic E-state index is 13.1. The fourth-order valence-electron chi connectivity index (χ4n) is 3.75. The van der Waals surface area contributed by atoms with Crippen LogP contribution in [0.3, 0.4) is 0 Å². The highest BCUT2D eigenvalue weighted by molar-refractivity contribution is 7.89. The van der Waals surface area contributed by atoms with E-state index in [0.717, 1.165) is 11.3 Å². The smallest absolute Gasteiger partial charge is 0.369 e. The number of nitrogens with zero attached hydrogens (tertiary/aromatic N) is 3. The topological polar surface area (TPSA) is 132 Å². The number of benzene rings is 1. The number of esters is 1. The lowest BCUT2D eigenvalue weighted by molar-refractivity contribution is 0.0524. The van der Waals surface area contributed by atoms with Crippen LogP contribution in [-0.2, 0) is 14.8 Å². The van der Waals surface area contributed by atoms with Gasteiger partial charge in [-0.15, -0.1) is 5.10 Å². The average Bonchev–Trinajstić information content (AvgIpc) is 3.26. The van der Waals surface area contributed by atoms with Crippen LogP contribution in [0.25, 0.3) is 16.2 Å². The Kier molecular flexibility index (Phi) is 6.21.